The van der Waals surface area contributed by atoms with Gasteiger partial charge in [-0.15, -0.1) is 6.07 Å². The van der Waals surface area contributed by atoms with Crippen LogP contribution in [0.3, 0.4) is 0 Å². The number of aromatic nitrogens is 2. The van der Waals surface area contributed by atoms with E-state index < -0.39 is 20.0 Å². The fourth-order valence-corrected chi connectivity index (χ4v) is 2.57. The van der Waals surface area contributed by atoms with Gasteiger partial charge in [0.2, 0.25) is 0 Å². The Balaban J connectivity index is 0. The van der Waals surface area contributed by atoms with E-state index in [2.05, 4.69) is 35.7 Å². The first-order chi connectivity index (χ1) is 8.38. The minimum atomic E-state index is -1.42. The Labute approximate surface area is 164 Å². The van der Waals surface area contributed by atoms with E-state index in [1.165, 1.54) is 5.19 Å². The van der Waals surface area contributed by atoms with Gasteiger partial charge < -0.3 is 12.4 Å². The fourth-order valence-electron chi connectivity index (χ4n) is 1.54. The van der Waals surface area contributed by atoms with Gasteiger partial charge in [0, 0.05) is 59.0 Å². The molecule has 2 nitrogen and oxygen atoms in total. The summed E-state index contributed by atoms with van der Waals surface area (Å²) in [5.74, 6) is -1.77. The zero-order valence-electron chi connectivity index (χ0n) is 12.4. The van der Waals surface area contributed by atoms with E-state index >= 15 is 0 Å². The van der Waals surface area contributed by atoms with Crippen LogP contribution in [0.25, 0.3) is 11.3 Å². The largest absolute Gasteiger partial charge is 0.358 e. The van der Waals surface area contributed by atoms with Gasteiger partial charge in [-0.3, -0.25) is 4.98 Å². The van der Waals surface area contributed by atoms with Crippen LogP contribution in [0.4, 0.5) is 8.78 Å². The fraction of sp³-hybridized carbons (Fsp3) is 0.214. The Morgan fingerprint density at radius 3 is 2.19 bits per heavy atom. The third-order valence-corrected chi connectivity index (χ3v) is 4.66. The molecule has 114 valence electrons. The predicted octanol–water partition coefficient (Wildman–Crippen LogP) is 3.21. The molecule has 0 aliphatic heterocycles. The molecule has 0 fully saturated rings. The summed E-state index contributed by atoms with van der Waals surface area (Å²) in [7, 11) is -1.42. The molecule has 7 heteroatoms. The standard InChI is InChI=1S/C13H13F2N2Si.CH3.Ir.Y/c1-18(2,3)9-4-6-11(16-8-9)10-5-7-12(14)17-13(10)15;;;/h4,6-8H,1-3H3;1H3;;/q2*-1;;. The monoisotopic (exact) mass is 560 g/mol. The molecule has 21 heavy (non-hydrogen) atoms. The van der Waals surface area contributed by atoms with Crippen molar-refractivity contribution >= 4 is 13.3 Å². The van der Waals surface area contributed by atoms with Crippen molar-refractivity contribution in [3.63, 3.8) is 0 Å². The molecular formula is C14H16F2IrN2SiY-2. The molecular weight excluding hydrogens is 543 g/mol. The van der Waals surface area contributed by atoms with E-state index in [4.69, 9.17) is 0 Å². The van der Waals surface area contributed by atoms with Crippen LogP contribution in [0.1, 0.15) is 0 Å². The van der Waals surface area contributed by atoms with E-state index in [1.807, 2.05) is 6.07 Å². The first kappa shape index (κ1) is 23.4. The SMILES string of the molecule is C[Si](C)(C)c1ccc(-c2[c-]cc(F)nc2F)nc1.[CH3-].[Ir].[Y]. The number of rotatable bonds is 2. The van der Waals surface area contributed by atoms with Crippen LogP contribution in [-0.4, -0.2) is 18.0 Å². The molecule has 2 radical (unpaired) electrons. The van der Waals surface area contributed by atoms with Gasteiger partial charge in [-0.25, -0.2) is 8.78 Å². The van der Waals surface area contributed by atoms with Crippen LogP contribution in [0.15, 0.2) is 24.4 Å². The minimum absolute atomic E-state index is 0. The molecule has 0 aromatic carbocycles. The summed E-state index contributed by atoms with van der Waals surface area (Å²) in [4.78, 5) is 7.33. The second-order valence-corrected chi connectivity index (χ2v) is 10.1. The summed E-state index contributed by atoms with van der Waals surface area (Å²) in [6, 6.07) is 7.18. The van der Waals surface area contributed by atoms with Gasteiger partial charge >= 0.3 is 0 Å². The predicted molar refractivity (Wildman–Crippen MR) is 75.6 cm³/mol. The average Bonchev–Trinajstić information content (AvgIpc) is 2.28. The van der Waals surface area contributed by atoms with E-state index in [9.17, 15) is 8.78 Å². The Hall–Kier alpha value is 0.130. The molecule has 0 N–H and O–H groups in total. The van der Waals surface area contributed by atoms with Gasteiger partial charge in [0.15, 0.2) is 0 Å². The molecule has 0 unspecified atom stereocenters. The molecule has 2 aromatic heterocycles. The van der Waals surface area contributed by atoms with E-state index in [0.717, 1.165) is 6.07 Å². The summed E-state index contributed by atoms with van der Waals surface area (Å²) in [6.45, 7) is 6.61. The quantitative estimate of drug-likeness (QED) is 0.321. The zero-order valence-corrected chi connectivity index (χ0v) is 18.6. The molecule has 0 amide bonds. The van der Waals surface area contributed by atoms with Crippen molar-refractivity contribution < 1.29 is 61.6 Å². The molecule has 2 rings (SSSR count). The third kappa shape index (κ3) is 6.03. The molecule has 2 aromatic rings. The summed E-state index contributed by atoms with van der Waals surface area (Å²) >= 11 is 0. The molecule has 2 heterocycles. The van der Waals surface area contributed by atoms with E-state index in [0.29, 0.717) is 5.69 Å². The van der Waals surface area contributed by atoms with Gasteiger partial charge in [0.25, 0.3) is 0 Å². The van der Waals surface area contributed by atoms with Gasteiger partial charge in [-0.1, -0.05) is 43.4 Å². The van der Waals surface area contributed by atoms with Crippen molar-refractivity contribution in [3.8, 4) is 11.3 Å². The Bertz CT molecular complexity index is 574. The second kappa shape index (κ2) is 9.31. The third-order valence-electron chi connectivity index (χ3n) is 2.63. The molecule has 0 bridgehead atoms. The van der Waals surface area contributed by atoms with Crippen LogP contribution in [-0.2, 0) is 52.8 Å². The number of hydrogen-bond acceptors (Lipinski definition) is 2. The van der Waals surface area contributed by atoms with Crippen LogP contribution in [0, 0.1) is 25.4 Å². The maximum atomic E-state index is 13.5. The van der Waals surface area contributed by atoms with Crippen LogP contribution in [0.5, 0.6) is 0 Å². The summed E-state index contributed by atoms with van der Waals surface area (Å²) < 4.78 is 26.1. The van der Waals surface area contributed by atoms with Crippen molar-refractivity contribution in [1.82, 2.24) is 9.97 Å². The van der Waals surface area contributed by atoms with Crippen molar-refractivity contribution in [1.29, 1.82) is 0 Å². The summed E-state index contributed by atoms with van der Waals surface area (Å²) in [5.41, 5.74) is 0.514. The Kier molecular flexibility index (Phi) is 10.4. The van der Waals surface area contributed by atoms with Gasteiger partial charge in [-0.05, 0) is 10.9 Å². The smallest absolute Gasteiger partial charge is 0.128 e. The number of nitrogens with zero attached hydrogens (tertiary/aromatic N) is 2. The van der Waals surface area contributed by atoms with Crippen molar-refractivity contribution in [2.75, 3.05) is 0 Å². The van der Waals surface area contributed by atoms with E-state index in [-0.39, 0.29) is 65.8 Å². The van der Waals surface area contributed by atoms with Crippen molar-refractivity contribution in [2.45, 2.75) is 19.6 Å². The van der Waals surface area contributed by atoms with Gasteiger partial charge in [-0.2, -0.15) is 0 Å². The summed E-state index contributed by atoms with van der Waals surface area (Å²) in [6.07, 6.45) is 1.75. The zero-order chi connectivity index (χ0) is 13.3. The molecule has 0 aliphatic rings. The average molecular weight is 560 g/mol. The van der Waals surface area contributed by atoms with Crippen LogP contribution >= 0.6 is 0 Å². The molecule has 0 saturated carbocycles. The Morgan fingerprint density at radius 2 is 1.76 bits per heavy atom. The van der Waals surface area contributed by atoms with Crippen LogP contribution in [0.2, 0.25) is 19.6 Å². The Morgan fingerprint density at radius 1 is 1.14 bits per heavy atom. The first-order valence-corrected chi connectivity index (χ1v) is 9.08. The molecule has 0 atom stereocenters. The second-order valence-electron chi connectivity index (χ2n) is 5.07. The van der Waals surface area contributed by atoms with E-state index in [1.54, 1.807) is 12.3 Å². The van der Waals surface area contributed by atoms with Crippen molar-refractivity contribution in [3.05, 3.63) is 49.8 Å². The minimum Gasteiger partial charge on any atom is -0.358 e. The number of pyridine rings is 2. The van der Waals surface area contributed by atoms with Crippen LogP contribution < -0.4 is 5.19 Å². The number of hydrogen-bond donors (Lipinski definition) is 0. The molecule has 0 saturated heterocycles. The first-order valence-electron chi connectivity index (χ1n) is 5.58. The molecule has 0 spiro atoms. The van der Waals surface area contributed by atoms with Gasteiger partial charge in [0.05, 0.1) is 8.07 Å². The molecule has 0 aliphatic carbocycles. The summed E-state index contributed by atoms with van der Waals surface area (Å²) in [5, 5.41) is 1.18. The maximum Gasteiger partial charge on any atom is 0.128 e. The van der Waals surface area contributed by atoms with Gasteiger partial charge in [0.1, 0.15) is 11.9 Å². The van der Waals surface area contributed by atoms with Crippen molar-refractivity contribution in [2.24, 2.45) is 0 Å². The topological polar surface area (TPSA) is 25.8 Å². The number of halogens is 2. The normalized spacial score (nSPS) is 9.95. The maximum absolute atomic E-state index is 13.5.